The zero-order chi connectivity index (χ0) is 18.9. The number of nitrogens with one attached hydrogen (secondary N) is 1. The van der Waals surface area contributed by atoms with E-state index < -0.39 is 0 Å². The van der Waals surface area contributed by atoms with Gasteiger partial charge in [0, 0.05) is 9.92 Å². The SMILES string of the molecule is CC[C@@H](C)Oc1ccc(/C=N\NC(=O)CSc2ccc(Cl)cc2)cc1Cl. The average Bonchev–Trinajstić information content (AvgIpc) is 2.63. The Hall–Kier alpha value is -1.69. The summed E-state index contributed by atoms with van der Waals surface area (Å²) in [5.74, 6) is 0.715. The van der Waals surface area contributed by atoms with Crippen molar-refractivity contribution in [1.82, 2.24) is 5.43 Å². The molecule has 2 aromatic carbocycles. The maximum atomic E-state index is 11.8. The van der Waals surface area contributed by atoms with Crippen molar-refractivity contribution in [2.45, 2.75) is 31.3 Å². The zero-order valence-corrected chi connectivity index (χ0v) is 16.9. The van der Waals surface area contributed by atoms with Crippen molar-refractivity contribution in [3.8, 4) is 5.75 Å². The molecule has 0 bridgehead atoms. The van der Waals surface area contributed by atoms with Crippen LogP contribution in [0.15, 0.2) is 52.5 Å². The topological polar surface area (TPSA) is 50.7 Å². The van der Waals surface area contributed by atoms with E-state index >= 15 is 0 Å². The summed E-state index contributed by atoms with van der Waals surface area (Å²) >= 11 is 13.5. The molecule has 7 heteroatoms. The van der Waals surface area contributed by atoms with Crippen molar-refractivity contribution in [2.75, 3.05) is 5.75 Å². The Morgan fingerprint density at radius 2 is 2.00 bits per heavy atom. The number of hydrogen-bond donors (Lipinski definition) is 1. The van der Waals surface area contributed by atoms with Crippen molar-refractivity contribution in [3.05, 3.63) is 58.1 Å². The first kappa shape index (κ1) is 20.6. The molecule has 0 unspecified atom stereocenters. The minimum Gasteiger partial charge on any atom is -0.489 e. The molecule has 4 nitrogen and oxygen atoms in total. The summed E-state index contributed by atoms with van der Waals surface area (Å²) in [6.45, 7) is 4.04. The van der Waals surface area contributed by atoms with Gasteiger partial charge in [-0.15, -0.1) is 11.8 Å². The molecule has 0 radical (unpaired) electrons. The van der Waals surface area contributed by atoms with E-state index in [1.165, 1.54) is 11.8 Å². The molecule has 2 aromatic rings. The second-order valence-electron chi connectivity index (χ2n) is 5.56. The lowest BCUT2D eigenvalue weighted by atomic mass is 10.2. The second kappa shape index (κ2) is 10.5. The predicted molar refractivity (Wildman–Crippen MR) is 110 cm³/mol. The van der Waals surface area contributed by atoms with Crippen LogP contribution in [0, 0.1) is 0 Å². The van der Waals surface area contributed by atoms with Crippen LogP contribution in [0.3, 0.4) is 0 Å². The van der Waals surface area contributed by atoms with Gasteiger partial charge in [0.15, 0.2) is 0 Å². The highest BCUT2D eigenvalue weighted by atomic mass is 35.5. The summed E-state index contributed by atoms with van der Waals surface area (Å²) in [6, 6.07) is 12.7. The molecule has 1 amide bonds. The third-order valence-electron chi connectivity index (χ3n) is 3.45. The van der Waals surface area contributed by atoms with Gasteiger partial charge in [0.2, 0.25) is 5.91 Å². The molecule has 1 N–H and O–H groups in total. The van der Waals surface area contributed by atoms with Crippen LogP contribution < -0.4 is 10.2 Å². The van der Waals surface area contributed by atoms with E-state index in [2.05, 4.69) is 10.5 Å². The number of carbonyl (C=O) groups is 1. The first-order chi connectivity index (χ1) is 12.5. The lowest BCUT2D eigenvalue weighted by Gasteiger charge is -2.13. The average molecular weight is 411 g/mol. The van der Waals surface area contributed by atoms with Gasteiger partial charge in [-0.2, -0.15) is 5.10 Å². The van der Waals surface area contributed by atoms with Gasteiger partial charge in [0.05, 0.1) is 23.1 Å². The lowest BCUT2D eigenvalue weighted by Crippen LogP contribution is -2.19. The number of rotatable bonds is 8. The predicted octanol–water partition coefficient (Wildman–Crippen LogP) is 5.41. The molecule has 0 aliphatic carbocycles. The van der Waals surface area contributed by atoms with Gasteiger partial charge in [-0.3, -0.25) is 4.79 Å². The van der Waals surface area contributed by atoms with E-state index in [0.29, 0.717) is 15.8 Å². The molecule has 0 aliphatic heterocycles. The number of hydrazone groups is 1. The van der Waals surface area contributed by atoms with Crippen LogP contribution in [0.2, 0.25) is 10.0 Å². The van der Waals surface area contributed by atoms with Gasteiger partial charge in [0.25, 0.3) is 0 Å². The summed E-state index contributed by atoms with van der Waals surface area (Å²) in [7, 11) is 0. The van der Waals surface area contributed by atoms with E-state index in [-0.39, 0.29) is 17.8 Å². The minimum absolute atomic E-state index is 0.101. The largest absolute Gasteiger partial charge is 0.489 e. The van der Waals surface area contributed by atoms with Gasteiger partial charge in [-0.25, -0.2) is 5.43 Å². The molecule has 0 saturated carbocycles. The fraction of sp³-hybridized carbons (Fsp3) is 0.263. The summed E-state index contributed by atoms with van der Waals surface area (Å²) < 4.78 is 5.72. The Morgan fingerprint density at radius 1 is 1.27 bits per heavy atom. The van der Waals surface area contributed by atoms with Crippen LogP contribution in [0.25, 0.3) is 0 Å². The monoisotopic (exact) mass is 410 g/mol. The third kappa shape index (κ3) is 6.90. The van der Waals surface area contributed by atoms with E-state index in [1.807, 2.05) is 32.0 Å². The maximum absolute atomic E-state index is 11.8. The normalized spacial score (nSPS) is 12.2. The first-order valence-corrected chi connectivity index (χ1v) is 9.88. The Morgan fingerprint density at radius 3 is 2.65 bits per heavy atom. The van der Waals surface area contributed by atoms with E-state index in [9.17, 15) is 4.79 Å². The van der Waals surface area contributed by atoms with Gasteiger partial charge in [-0.05, 0) is 61.4 Å². The second-order valence-corrected chi connectivity index (χ2v) is 7.45. The molecule has 0 heterocycles. The molecule has 0 aromatic heterocycles. The van der Waals surface area contributed by atoms with Crippen LogP contribution in [0.4, 0.5) is 0 Å². The number of amides is 1. The molecular weight excluding hydrogens is 391 g/mol. The highest BCUT2D eigenvalue weighted by Gasteiger charge is 2.06. The van der Waals surface area contributed by atoms with E-state index in [0.717, 1.165) is 16.9 Å². The number of hydrogen-bond acceptors (Lipinski definition) is 4. The van der Waals surface area contributed by atoms with Crippen LogP contribution in [0.5, 0.6) is 5.75 Å². The Labute approximate surface area is 167 Å². The van der Waals surface area contributed by atoms with Gasteiger partial charge < -0.3 is 4.74 Å². The highest BCUT2D eigenvalue weighted by molar-refractivity contribution is 8.00. The van der Waals surface area contributed by atoms with Crippen molar-refractivity contribution >= 4 is 47.1 Å². The van der Waals surface area contributed by atoms with Crippen molar-refractivity contribution in [3.63, 3.8) is 0 Å². The highest BCUT2D eigenvalue weighted by Crippen LogP contribution is 2.26. The molecule has 0 aliphatic rings. The van der Waals surface area contributed by atoms with Gasteiger partial charge in [-0.1, -0.05) is 30.1 Å². The van der Waals surface area contributed by atoms with E-state index in [1.54, 1.807) is 30.5 Å². The number of carbonyl (C=O) groups excluding carboxylic acids is 1. The summed E-state index contributed by atoms with van der Waals surface area (Å²) in [5, 5.41) is 5.14. The van der Waals surface area contributed by atoms with Crippen molar-refractivity contribution in [2.24, 2.45) is 5.10 Å². The molecule has 26 heavy (non-hydrogen) atoms. The van der Waals surface area contributed by atoms with Gasteiger partial charge in [0.1, 0.15) is 5.75 Å². The maximum Gasteiger partial charge on any atom is 0.250 e. The number of benzene rings is 2. The fourth-order valence-corrected chi connectivity index (χ4v) is 2.93. The summed E-state index contributed by atoms with van der Waals surface area (Å²) in [5.41, 5.74) is 3.27. The molecule has 0 spiro atoms. The van der Waals surface area contributed by atoms with Gasteiger partial charge >= 0.3 is 0 Å². The first-order valence-electron chi connectivity index (χ1n) is 8.14. The number of ether oxygens (including phenoxy) is 1. The van der Waals surface area contributed by atoms with Crippen molar-refractivity contribution in [1.29, 1.82) is 0 Å². The Balaban J connectivity index is 1.82. The van der Waals surface area contributed by atoms with E-state index in [4.69, 9.17) is 27.9 Å². The fourth-order valence-electron chi connectivity index (χ4n) is 1.88. The van der Waals surface area contributed by atoms with Crippen LogP contribution in [-0.4, -0.2) is 24.0 Å². The molecular formula is C19H20Cl2N2O2S. The molecule has 138 valence electrons. The van der Waals surface area contributed by atoms with Crippen LogP contribution in [0.1, 0.15) is 25.8 Å². The molecule has 2 rings (SSSR count). The third-order valence-corrected chi connectivity index (χ3v) is 5.00. The zero-order valence-electron chi connectivity index (χ0n) is 14.5. The smallest absolute Gasteiger partial charge is 0.250 e. The summed E-state index contributed by atoms with van der Waals surface area (Å²) in [6.07, 6.45) is 2.55. The van der Waals surface area contributed by atoms with Crippen LogP contribution >= 0.6 is 35.0 Å². The number of thioether (sulfide) groups is 1. The standard InChI is InChI=1S/C19H20Cl2N2O2S/c1-3-13(2)25-18-9-4-14(10-17(18)21)11-22-23-19(24)12-26-16-7-5-15(20)6-8-16/h4-11,13H,3,12H2,1-2H3,(H,23,24)/b22-11-/t13-/m1/s1. The Bertz CT molecular complexity index is 767. The number of nitrogens with zero attached hydrogens (tertiary/aromatic N) is 1. The quantitative estimate of drug-likeness (QED) is 0.359. The number of halogens is 2. The minimum atomic E-state index is -0.191. The molecule has 0 fully saturated rings. The summed E-state index contributed by atoms with van der Waals surface area (Å²) in [4.78, 5) is 12.8. The Kier molecular flexibility index (Phi) is 8.29. The molecule has 0 saturated heterocycles. The molecule has 1 atom stereocenters. The van der Waals surface area contributed by atoms with Crippen molar-refractivity contribution < 1.29 is 9.53 Å². The lowest BCUT2D eigenvalue weighted by molar-refractivity contribution is -0.118. The van der Waals surface area contributed by atoms with Crippen LogP contribution in [-0.2, 0) is 4.79 Å².